The van der Waals surface area contributed by atoms with Gasteiger partial charge in [0, 0.05) is 19.3 Å². The molecule has 5 rings (SSSR count). The number of esters is 2. The van der Waals surface area contributed by atoms with Crippen LogP contribution >= 0.6 is 15.9 Å². The Hall–Kier alpha value is -1.44. The van der Waals surface area contributed by atoms with Crippen LogP contribution in [0.5, 0.6) is 5.75 Å². The molecule has 2 saturated carbocycles. The third-order valence-electron chi connectivity index (χ3n) is 9.43. The second kappa shape index (κ2) is 10.4. The van der Waals surface area contributed by atoms with Gasteiger partial charge in [-0.2, -0.15) is 0 Å². The summed E-state index contributed by atoms with van der Waals surface area (Å²) in [5.74, 6) is 1.78. The highest BCUT2D eigenvalue weighted by atomic mass is 79.9. The van der Waals surface area contributed by atoms with Crippen LogP contribution in [-0.2, 0) is 30.2 Å². The van der Waals surface area contributed by atoms with E-state index in [0.717, 1.165) is 51.4 Å². The van der Waals surface area contributed by atoms with E-state index in [9.17, 15) is 9.59 Å². The molecule has 36 heavy (non-hydrogen) atoms. The Morgan fingerprint density at radius 3 is 2.61 bits per heavy atom. The van der Waals surface area contributed by atoms with E-state index in [-0.39, 0.29) is 22.2 Å². The molecule has 1 heterocycles. The topological polar surface area (TPSA) is 71.1 Å². The second-order valence-electron chi connectivity index (χ2n) is 11.4. The monoisotopic (exact) mass is 562 g/mol. The van der Waals surface area contributed by atoms with Gasteiger partial charge in [0.1, 0.15) is 5.75 Å². The molecule has 4 aliphatic rings. The van der Waals surface area contributed by atoms with E-state index >= 15 is 0 Å². The summed E-state index contributed by atoms with van der Waals surface area (Å²) in [7, 11) is 0. The third kappa shape index (κ3) is 4.54. The molecule has 1 aliphatic heterocycles. The minimum atomic E-state index is -0.517. The maximum atomic E-state index is 11.6. The summed E-state index contributed by atoms with van der Waals surface area (Å²) in [6, 6.07) is 6.27. The molecule has 0 amide bonds. The van der Waals surface area contributed by atoms with Gasteiger partial charge in [0.2, 0.25) is 0 Å². The lowest BCUT2D eigenvalue weighted by molar-refractivity contribution is -0.235. The van der Waals surface area contributed by atoms with Crippen molar-refractivity contribution in [3.05, 3.63) is 29.3 Å². The highest BCUT2D eigenvalue weighted by Gasteiger charge is 2.69. The van der Waals surface area contributed by atoms with Gasteiger partial charge in [-0.1, -0.05) is 41.8 Å². The molecule has 6 nitrogen and oxygen atoms in total. The van der Waals surface area contributed by atoms with Crippen LogP contribution in [0.3, 0.4) is 0 Å². The molecule has 6 atom stereocenters. The van der Waals surface area contributed by atoms with E-state index in [2.05, 4.69) is 35.0 Å². The second-order valence-corrected chi connectivity index (χ2v) is 12.5. The summed E-state index contributed by atoms with van der Waals surface area (Å²) in [4.78, 5) is 22.9. The number of benzene rings is 1. The molecule has 1 spiro atoms. The Kier molecular flexibility index (Phi) is 7.54. The fraction of sp³-hybridized carbons (Fsp3) is 0.724. The molecular weight excluding hydrogens is 524 g/mol. The van der Waals surface area contributed by atoms with Crippen molar-refractivity contribution in [1.29, 1.82) is 0 Å². The van der Waals surface area contributed by atoms with E-state index in [0.29, 0.717) is 49.2 Å². The molecule has 3 aliphatic carbocycles. The third-order valence-corrected chi connectivity index (χ3v) is 10.4. The number of carbonyl (C=O) groups excluding carboxylic acids is 2. The van der Waals surface area contributed by atoms with Crippen molar-refractivity contribution < 1.29 is 28.5 Å². The first-order valence-corrected chi connectivity index (χ1v) is 14.5. The van der Waals surface area contributed by atoms with Crippen molar-refractivity contribution in [1.82, 2.24) is 0 Å². The summed E-state index contributed by atoms with van der Waals surface area (Å²) in [5.41, 5.74) is 2.76. The lowest BCUT2D eigenvalue weighted by atomic mass is 9.51. The predicted molar refractivity (Wildman–Crippen MR) is 139 cm³/mol. The molecule has 0 N–H and O–H groups in total. The SMILES string of the molecule is CC(=O)OCCCCC[C@@H]1Cc2cc(OC(C)=O)ccc2[C@H]2CC[C@@]3(C)[C@@H](C[C@@H](Br)C34OCCO4)[C@H]12. The lowest BCUT2D eigenvalue weighted by Crippen LogP contribution is -2.55. The number of hydrogen-bond donors (Lipinski definition) is 0. The number of fused-ring (bicyclic) bond motifs is 6. The van der Waals surface area contributed by atoms with Gasteiger partial charge in [-0.25, -0.2) is 0 Å². The van der Waals surface area contributed by atoms with Crippen molar-refractivity contribution in [3.8, 4) is 5.75 Å². The predicted octanol–water partition coefficient (Wildman–Crippen LogP) is 5.93. The molecule has 1 aromatic rings. The minimum Gasteiger partial charge on any atom is -0.466 e. The van der Waals surface area contributed by atoms with Gasteiger partial charge in [0.05, 0.1) is 24.6 Å². The molecule has 1 aromatic carbocycles. The van der Waals surface area contributed by atoms with Crippen LogP contribution in [0.1, 0.15) is 82.8 Å². The number of rotatable bonds is 7. The smallest absolute Gasteiger partial charge is 0.308 e. The van der Waals surface area contributed by atoms with Gasteiger partial charge in [0.25, 0.3) is 0 Å². The average Bonchev–Trinajstić information content (AvgIpc) is 3.41. The van der Waals surface area contributed by atoms with Crippen LogP contribution in [-0.4, -0.2) is 42.4 Å². The Morgan fingerprint density at radius 2 is 1.89 bits per heavy atom. The van der Waals surface area contributed by atoms with E-state index in [1.54, 1.807) is 0 Å². The number of halogens is 1. The van der Waals surface area contributed by atoms with Crippen molar-refractivity contribution in [3.63, 3.8) is 0 Å². The van der Waals surface area contributed by atoms with Gasteiger partial charge >= 0.3 is 11.9 Å². The van der Waals surface area contributed by atoms with E-state index < -0.39 is 5.79 Å². The van der Waals surface area contributed by atoms with E-state index in [1.165, 1.54) is 25.0 Å². The Labute approximate surface area is 222 Å². The van der Waals surface area contributed by atoms with Gasteiger partial charge in [-0.05, 0) is 85.5 Å². The van der Waals surface area contributed by atoms with Crippen LogP contribution in [0.15, 0.2) is 18.2 Å². The lowest BCUT2D eigenvalue weighted by Gasteiger charge is -2.55. The molecule has 7 heteroatoms. The molecule has 1 saturated heterocycles. The van der Waals surface area contributed by atoms with Gasteiger partial charge in [-0.3, -0.25) is 9.59 Å². The van der Waals surface area contributed by atoms with E-state index in [1.807, 2.05) is 6.07 Å². The van der Waals surface area contributed by atoms with Crippen LogP contribution in [0.2, 0.25) is 0 Å². The van der Waals surface area contributed by atoms with Crippen molar-refractivity contribution in [2.75, 3.05) is 19.8 Å². The Balaban J connectivity index is 1.41. The fourth-order valence-corrected chi connectivity index (χ4v) is 9.24. The molecule has 0 unspecified atom stereocenters. The number of hydrogen-bond acceptors (Lipinski definition) is 6. The normalized spacial score (nSPS) is 34.1. The zero-order valence-electron chi connectivity index (χ0n) is 21.7. The summed E-state index contributed by atoms with van der Waals surface area (Å²) in [5, 5.41) is 0. The summed E-state index contributed by atoms with van der Waals surface area (Å²) in [6.45, 7) is 7.18. The van der Waals surface area contributed by atoms with Crippen molar-refractivity contribution in [2.45, 2.75) is 88.7 Å². The first-order valence-electron chi connectivity index (χ1n) is 13.6. The first kappa shape index (κ1) is 26.2. The quantitative estimate of drug-likeness (QED) is 0.177. The first-order chi connectivity index (χ1) is 17.2. The summed E-state index contributed by atoms with van der Waals surface area (Å²) < 4.78 is 23.4. The van der Waals surface area contributed by atoms with Crippen molar-refractivity contribution in [2.24, 2.45) is 23.2 Å². The maximum absolute atomic E-state index is 11.6. The standard InChI is InChI=1S/C29H39BrO6/c1-18(31)33-12-6-4-5-7-20-15-21-16-22(36-19(2)32)8-9-23(21)24-10-11-28(3)25(27(20)24)17-26(30)29(28)34-13-14-35-29/h8-9,16,20,24-27H,4-7,10-15,17H2,1-3H3/t20-,24-,25+,26-,27-,28+/m1/s1. The van der Waals surface area contributed by atoms with Crippen LogP contribution in [0.25, 0.3) is 0 Å². The number of ether oxygens (including phenoxy) is 4. The molecule has 3 fully saturated rings. The number of carbonyl (C=O) groups is 2. The highest BCUT2D eigenvalue weighted by molar-refractivity contribution is 9.09. The van der Waals surface area contributed by atoms with Crippen molar-refractivity contribution >= 4 is 27.9 Å². The maximum Gasteiger partial charge on any atom is 0.308 e. The molecular formula is C29H39BrO6. The van der Waals surface area contributed by atoms with E-state index in [4.69, 9.17) is 18.9 Å². The zero-order valence-corrected chi connectivity index (χ0v) is 23.3. The molecule has 0 aromatic heterocycles. The molecule has 198 valence electrons. The van der Waals surface area contributed by atoms with Crippen LogP contribution < -0.4 is 4.74 Å². The minimum absolute atomic E-state index is 0.0123. The Morgan fingerprint density at radius 1 is 1.11 bits per heavy atom. The Bertz CT molecular complexity index is 988. The molecule has 0 bridgehead atoms. The number of alkyl halides is 1. The van der Waals surface area contributed by atoms with Gasteiger partial charge in [0.15, 0.2) is 5.79 Å². The largest absolute Gasteiger partial charge is 0.466 e. The fourth-order valence-electron chi connectivity index (χ4n) is 8.05. The highest BCUT2D eigenvalue weighted by Crippen LogP contribution is 2.68. The van der Waals surface area contributed by atoms with Gasteiger partial charge in [-0.15, -0.1) is 0 Å². The zero-order chi connectivity index (χ0) is 25.5. The average molecular weight is 564 g/mol. The summed E-state index contributed by atoms with van der Waals surface area (Å²) >= 11 is 4.00. The van der Waals surface area contributed by atoms with Gasteiger partial charge < -0.3 is 18.9 Å². The molecule has 0 radical (unpaired) electrons. The summed E-state index contributed by atoms with van der Waals surface area (Å²) in [6.07, 6.45) is 8.50. The van der Waals surface area contributed by atoms with Crippen LogP contribution in [0.4, 0.5) is 0 Å². The number of unbranched alkanes of at least 4 members (excludes halogenated alkanes) is 2. The van der Waals surface area contributed by atoms with Crippen LogP contribution in [0, 0.1) is 23.2 Å².